The summed E-state index contributed by atoms with van der Waals surface area (Å²) in [5.41, 5.74) is 0. The fourth-order valence-corrected chi connectivity index (χ4v) is 2.32. The molecule has 16 heavy (non-hydrogen) atoms. The summed E-state index contributed by atoms with van der Waals surface area (Å²) in [6, 6.07) is 2.16. The highest BCUT2D eigenvalue weighted by molar-refractivity contribution is 6.29. The first-order valence-corrected chi connectivity index (χ1v) is 5.81. The van der Waals surface area contributed by atoms with Crippen molar-refractivity contribution in [3.05, 3.63) is 17.0 Å². The summed E-state index contributed by atoms with van der Waals surface area (Å²) in [7, 11) is 2.02. The Bertz CT molecular complexity index is 365. The molecule has 0 N–H and O–H groups in total. The number of aromatic nitrogens is 2. The molecule has 5 heteroatoms. The van der Waals surface area contributed by atoms with E-state index in [2.05, 4.69) is 21.8 Å². The average molecular weight is 242 g/mol. The number of aryl methyl sites for hydroxylation is 1. The van der Waals surface area contributed by atoms with Gasteiger partial charge in [0.05, 0.1) is 12.1 Å². The molecule has 0 amide bonds. The molecule has 1 fully saturated rings. The van der Waals surface area contributed by atoms with Crippen LogP contribution in [0.1, 0.15) is 19.2 Å². The summed E-state index contributed by atoms with van der Waals surface area (Å²) in [5.74, 6) is 1.56. The van der Waals surface area contributed by atoms with Gasteiger partial charge in [0, 0.05) is 19.7 Å². The van der Waals surface area contributed by atoms with Crippen LogP contribution in [-0.4, -0.2) is 35.8 Å². The number of likely N-dealkylation sites (N-methyl/N-ethyl adjacent to an activating group) is 1. The van der Waals surface area contributed by atoms with Gasteiger partial charge in [0.15, 0.2) is 0 Å². The summed E-state index contributed by atoms with van der Waals surface area (Å²) >= 11 is 5.93. The Morgan fingerprint density at radius 3 is 2.81 bits per heavy atom. The second-order valence-electron chi connectivity index (χ2n) is 4.14. The summed E-state index contributed by atoms with van der Waals surface area (Å²) in [5, 5.41) is 0.487. The first kappa shape index (κ1) is 11.6. The molecule has 88 valence electrons. The van der Waals surface area contributed by atoms with E-state index in [-0.39, 0.29) is 6.10 Å². The molecule has 0 bridgehead atoms. The number of hydrogen-bond donors (Lipinski definition) is 0. The fourth-order valence-electron chi connectivity index (χ4n) is 2.10. The van der Waals surface area contributed by atoms with Crippen LogP contribution in [0.15, 0.2) is 6.07 Å². The van der Waals surface area contributed by atoms with Crippen LogP contribution < -0.4 is 4.90 Å². The minimum absolute atomic E-state index is 0.235. The number of ether oxygens (including phenoxy) is 1. The van der Waals surface area contributed by atoms with Crippen molar-refractivity contribution in [2.24, 2.45) is 0 Å². The third-order valence-corrected chi connectivity index (χ3v) is 3.18. The van der Waals surface area contributed by atoms with Crippen molar-refractivity contribution in [1.82, 2.24) is 9.97 Å². The Kier molecular flexibility index (Phi) is 3.30. The van der Waals surface area contributed by atoms with E-state index >= 15 is 0 Å². The number of anilines is 1. The number of hydrogen-bond acceptors (Lipinski definition) is 4. The molecule has 1 saturated heterocycles. The lowest BCUT2D eigenvalue weighted by Gasteiger charge is -2.27. The maximum absolute atomic E-state index is 5.93. The van der Waals surface area contributed by atoms with Gasteiger partial charge in [-0.2, -0.15) is 0 Å². The lowest BCUT2D eigenvalue weighted by molar-refractivity contribution is 0.118. The predicted octanol–water partition coefficient (Wildman–Crippen LogP) is 2.05. The van der Waals surface area contributed by atoms with E-state index in [4.69, 9.17) is 16.3 Å². The van der Waals surface area contributed by atoms with Crippen molar-refractivity contribution < 1.29 is 4.74 Å². The van der Waals surface area contributed by atoms with E-state index in [1.54, 1.807) is 6.07 Å². The third-order valence-electron chi connectivity index (χ3n) is 2.99. The maximum atomic E-state index is 5.93. The molecule has 2 unspecified atom stereocenters. The van der Waals surface area contributed by atoms with Crippen molar-refractivity contribution in [3.8, 4) is 0 Å². The van der Waals surface area contributed by atoms with Gasteiger partial charge in [0.2, 0.25) is 0 Å². The van der Waals surface area contributed by atoms with Crippen molar-refractivity contribution in [1.29, 1.82) is 0 Å². The van der Waals surface area contributed by atoms with E-state index in [9.17, 15) is 0 Å². The van der Waals surface area contributed by atoms with Gasteiger partial charge in [-0.15, -0.1) is 0 Å². The van der Waals surface area contributed by atoms with E-state index in [0.717, 1.165) is 18.8 Å². The van der Waals surface area contributed by atoms with Crippen LogP contribution >= 0.6 is 11.6 Å². The lowest BCUT2D eigenvalue weighted by Crippen LogP contribution is -2.37. The number of rotatable bonds is 2. The SMILES string of the molecule is Cc1nc(Cl)cc(N(C)C2CCOC2C)n1. The second kappa shape index (κ2) is 4.55. The first-order valence-electron chi connectivity index (χ1n) is 5.43. The summed E-state index contributed by atoms with van der Waals surface area (Å²) in [6.07, 6.45) is 1.26. The van der Waals surface area contributed by atoms with E-state index in [0.29, 0.717) is 17.0 Å². The van der Waals surface area contributed by atoms with Crippen molar-refractivity contribution in [2.45, 2.75) is 32.4 Å². The van der Waals surface area contributed by atoms with Gasteiger partial charge in [0.25, 0.3) is 0 Å². The second-order valence-corrected chi connectivity index (χ2v) is 4.53. The predicted molar refractivity (Wildman–Crippen MR) is 64.0 cm³/mol. The monoisotopic (exact) mass is 241 g/mol. The molecule has 2 rings (SSSR count). The molecule has 2 heterocycles. The van der Waals surface area contributed by atoms with Crippen LogP contribution in [-0.2, 0) is 4.74 Å². The van der Waals surface area contributed by atoms with Crippen molar-refractivity contribution in [2.75, 3.05) is 18.6 Å². The Hall–Kier alpha value is -0.870. The largest absolute Gasteiger partial charge is 0.376 e. The Morgan fingerprint density at radius 1 is 1.50 bits per heavy atom. The van der Waals surface area contributed by atoms with Gasteiger partial charge in [-0.25, -0.2) is 9.97 Å². The molecule has 1 aliphatic rings. The molecule has 2 atom stereocenters. The zero-order valence-corrected chi connectivity index (χ0v) is 10.5. The van der Waals surface area contributed by atoms with Gasteiger partial charge in [0.1, 0.15) is 16.8 Å². The molecule has 0 aromatic carbocycles. The minimum atomic E-state index is 0.235. The number of halogens is 1. The highest BCUT2D eigenvalue weighted by atomic mass is 35.5. The first-order chi connectivity index (χ1) is 7.58. The van der Waals surface area contributed by atoms with Crippen LogP contribution in [0, 0.1) is 6.92 Å². The van der Waals surface area contributed by atoms with Gasteiger partial charge in [-0.3, -0.25) is 0 Å². The highest BCUT2D eigenvalue weighted by Gasteiger charge is 2.28. The van der Waals surface area contributed by atoms with Gasteiger partial charge in [-0.1, -0.05) is 11.6 Å². The Morgan fingerprint density at radius 2 is 2.25 bits per heavy atom. The molecule has 0 saturated carbocycles. The smallest absolute Gasteiger partial charge is 0.134 e. The van der Waals surface area contributed by atoms with Crippen LogP contribution in [0.3, 0.4) is 0 Å². The molecule has 0 radical (unpaired) electrons. The van der Waals surface area contributed by atoms with Gasteiger partial charge in [-0.05, 0) is 20.3 Å². The Labute approximate surface area is 101 Å². The highest BCUT2D eigenvalue weighted by Crippen LogP contribution is 2.24. The third kappa shape index (κ3) is 2.28. The summed E-state index contributed by atoms with van der Waals surface area (Å²) < 4.78 is 5.55. The maximum Gasteiger partial charge on any atom is 0.134 e. The van der Waals surface area contributed by atoms with E-state index in [1.807, 2.05) is 14.0 Å². The minimum Gasteiger partial charge on any atom is -0.376 e. The van der Waals surface area contributed by atoms with Gasteiger partial charge < -0.3 is 9.64 Å². The molecule has 0 aliphatic carbocycles. The summed E-state index contributed by atoms with van der Waals surface area (Å²) in [4.78, 5) is 10.6. The molecule has 4 nitrogen and oxygen atoms in total. The number of nitrogens with zero attached hydrogens (tertiary/aromatic N) is 3. The zero-order valence-electron chi connectivity index (χ0n) is 9.77. The Balaban J connectivity index is 2.22. The molecular weight excluding hydrogens is 226 g/mol. The van der Waals surface area contributed by atoms with Crippen molar-refractivity contribution >= 4 is 17.4 Å². The molecule has 1 aromatic heterocycles. The zero-order chi connectivity index (χ0) is 11.7. The topological polar surface area (TPSA) is 38.2 Å². The molecule has 1 aromatic rings. The van der Waals surface area contributed by atoms with Crippen LogP contribution in [0.25, 0.3) is 0 Å². The molecule has 1 aliphatic heterocycles. The summed E-state index contributed by atoms with van der Waals surface area (Å²) in [6.45, 7) is 4.75. The molecule has 0 spiro atoms. The van der Waals surface area contributed by atoms with Crippen LogP contribution in [0.2, 0.25) is 5.15 Å². The van der Waals surface area contributed by atoms with E-state index in [1.165, 1.54) is 0 Å². The van der Waals surface area contributed by atoms with Crippen molar-refractivity contribution in [3.63, 3.8) is 0 Å². The molecular formula is C11H16ClN3O. The standard InChI is InChI=1S/C11H16ClN3O/c1-7-9(4-5-16-7)15(3)11-6-10(12)13-8(2)14-11/h6-7,9H,4-5H2,1-3H3. The quantitative estimate of drug-likeness (QED) is 0.743. The lowest BCUT2D eigenvalue weighted by atomic mass is 10.1. The average Bonchev–Trinajstić information content (AvgIpc) is 2.62. The normalized spacial score (nSPS) is 24.8. The fraction of sp³-hybridized carbons (Fsp3) is 0.636. The van der Waals surface area contributed by atoms with Crippen LogP contribution in [0.4, 0.5) is 5.82 Å². The van der Waals surface area contributed by atoms with Gasteiger partial charge >= 0.3 is 0 Å². The van der Waals surface area contributed by atoms with E-state index < -0.39 is 0 Å². The van der Waals surface area contributed by atoms with Crippen LogP contribution in [0.5, 0.6) is 0 Å².